The van der Waals surface area contributed by atoms with Crippen LogP contribution in [-0.2, 0) is 6.18 Å². The van der Waals surface area contributed by atoms with Crippen molar-refractivity contribution in [3.8, 4) is 34.3 Å². The summed E-state index contributed by atoms with van der Waals surface area (Å²) >= 11 is 0. The summed E-state index contributed by atoms with van der Waals surface area (Å²) < 4.78 is 49.0. The number of rotatable bonds is 4. The molecule has 31 heavy (non-hydrogen) atoms. The van der Waals surface area contributed by atoms with Gasteiger partial charge in [-0.2, -0.15) is 18.2 Å². The van der Waals surface area contributed by atoms with Gasteiger partial charge in [0.15, 0.2) is 0 Å². The number of hydrogen-bond acceptors (Lipinski definition) is 4. The predicted octanol–water partition coefficient (Wildman–Crippen LogP) is 6.70. The van der Waals surface area contributed by atoms with E-state index in [2.05, 4.69) is 15.1 Å². The average Bonchev–Trinajstić information content (AvgIpc) is 3.43. The Morgan fingerprint density at radius 2 is 1.48 bits per heavy atom. The number of halogens is 3. The van der Waals surface area contributed by atoms with Crippen LogP contribution in [0.2, 0.25) is 0 Å². The third kappa shape index (κ3) is 3.87. The molecule has 0 aliphatic heterocycles. The van der Waals surface area contributed by atoms with Crippen LogP contribution in [0.25, 0.3) is 33.7 Å². The molecule has 2 heterocycles. The second-order valence-corrected chi connectivity index (χ2v) is 6.85. The van der Waals surface area contributed by atoms with Gasteiger partial charge in [0.1, 0.15) is 11.5 Å². The van der Waals surface area contributed by atoms with Gasteiger partial charge < -0.3 is 14.2 Å². The van der Waals surface area contributed by atoms with Gasteiger partial charge in [0.2, 0.25) is 5.82 Å². The number of ether oxygens (including phenoxy) is 1. The molecule has 0 atom stereocenters. The fraction of sp³-hybridized carbons (Fsp3) is 0.0435. The number of fused-ring (bicyclic) bond motifs is 1. The van der Waals surface area contributed by atoms with Crippen LogP contribution in [-0.4, -0.2) is 15.1 Å². The number of nitrogens with zero attached hydrogens (tertiary/aromatic N) is 2. The van der Waals surface area contributed by atoms with Crippen LogP contribution in [0.1, 0.15) is 5.56 Å². The second kappa shape index (κ2) is 7.32. The van der Waals surface area contributed by atoms with Crippen LogP contribution in [0.4, 0.5) is 13.2 Å². The summed E-state index contributed by atoms with van der Waals surface area (Å²) in [5.41, 5.74) is 1.83. The molecule has 5 nitrogen and oxygen atoms in total. The van der Waals surface area contributed by atoms with Crippen molar-refractivity contribution in [3.05, 3.63) is 84.6 Å². The van der Waals surface area contributed by atoms with Crippen molar-refractivity contribution in [1.29, 1.82) is 0 Å². The summed E-state index contributed by atoms with van der Waals surface area (Å²) in [4.78, 5) is 7.59. The number of benzene rings is 3. The quantitative estimate of drug-likeness (QED) is 0.351. The van der Waals surface area contributed by atoms with Crippen LogP contribution < -0.4 is 4.74 Å². The van der Waals surface area contributed by atoms with E-state index in [0.29, 0.717) is 23.2 Å². The third-order valence-electron chi connectivity index (χ3n) is 4.76. The van der Waals surface area contributed by atoms with Crippen molar-refractivity contribution in [3.63, 3.8) is 0 Å². The molecule has 154 valence electrons. The van der Waals surface area contributed by atoms with Gasteiger partial charge in [0.25, 0.3) is 5.89 Å². The standard InChI is InChI=1S/C23H14F3N3O2/c24-23(25,26)17-4-8-19(9-5-17)30-18-6-1-14(2-7-18)21-28-22(31-29-21)16-3-10-20-15(13-16)11-12-27-20/h1-13,27H. The summed E-state index contributed by atoms with van der Waals surface area (Å²) in [7, 11) is 0. The highest BCUT2D eigenvalue weighted by atomic mass is 19.4. The van der Waals surface area contributed by atoms with Crippen LogP contribution in [0.3, 0.4) is 0 Å². The Balaban J connectivity index is 1.32. The molecule has 0 radical (unpaired) electrons. The predicted molar refractivity (Wildman–Crippen MR) is 109 cm³/mol. The van der Waals surface area contributed by atoms with Crippen molar-refractivity contribution in [2.75, 3.05) is 0 Å². The fourth-order valence-electron chi connectivity index (χ4n) is 3.16. The molecular formula is C23H14F3N3O2. The lowest BCUT2D eigenvalue weighted by atomic mass is 10.1. The monoisotopic (exact) mass is 421 g/mol. The summed E-state index contributed by atoms with van der Waals surface area (Å²) in [5.74, 6) is 1.61. The molecule has 5 aromatic rings. The minimum atomic E-state index is -4.38. The molecule has 8 heteroatoms. The van der Waals surface area contributed by atoms with E-state index in [0.717, 1.165) is 34.2 Å². The first-order chi connectivity index (χ1) is 15.0. The number of H-pyrrole nitrogens is 1. The minimum Gasteiger partial charge on any atom is -0.457 e. The van der Waals surface area contributed by atoms with Gasteiger partial charge in [-0.25, -0.2) is 0 Å². The van der Waals surface area contributed by atoms with E-state index in [-0.39, 0.29) is 0 Å². The lowest BCUT2D eigenvalue weighted by Gasteiger charge is -2.09. The zero-order valence-corrected chi connectivity index (χ0v) is 15.9. The van der Waals surface area contributed by atoms with Gasteiger partial charge in [0, 0.05) is 28.2 Å². The van der Waals surface area contributed by atoms with E-state index >= 15 is 0 Å². The molecule has 0 aliphatic carbocycles. The van der Waals surface area contributed by atoms with E-state index in [1.807, 2.05) is 30.5 Å². The molecule has 5 rings (SSSR count). The lowest BCUT2D eigenvalue weighted by Crippen LogP contribution is -2.03. The first-order valence-corrected chi connectivity index (χ1v) is 9.32. The van der Waals surface area contributed by atoms with Gasteiger partial charge in [-0.05, 0) is 72.8 Å². The molecule has 0 saturated heterocycles. The normalized spacial score (nSPS) is 11.7. The largest absolute Gasteiger partial charge is 0.457 e. The zero-order valence-electron chi connectivity index (χ0n) is 15.9. The number of nitrogens with one attached hydrogen (secondary N) is 1. The SMILES string of the molecule is FC(F)(F)c1ccc(Oc2ccc(-c3noc(-c4ccc5[nH]ccc5c4)n3)cc2)cc1. The molecular weight excluding hydrogens is 407 g/mol. The average molecular weight is 421 g/mol. The number of alkyl halides is 3. The maximum Gasteiger partial charge on any atom is 0.416 e. The number of hydrogen-bond donors (Lipinski definition) is 1. The molecule has 0 spiro atoms. The minimum absolute atomic E-state index is 0.308. The van der Waals surface area contributed by atoms with Gasteiger partial charge in [-0.1, -0.05) is 5.16 Å². The van der Waals surface area contributed by atoms with E-state index < -0.39 is 11.7 Å². The van der Waals surface area contributed by atoms with Gasteiger partial charge in [-0.3, -0.25) is 0 Å². The first-order valence-electron chi connectivity index (χ1n) is 9.32. The molecule has 3 aromatic carbocycles. The topological polar surface area (TPSA) is 63.9 Å². The Kier molecular flexibility index (Phi) is 4.47. The molecule has 0 bridgehead atoms. The van der Waals surface area contributed by atoms with Crippen molar-refractivity contribution in [2.24, 2.45) is 0 Å². The molecule has 0 amide bonds. The molecule has 2 aromatic heterocycles. The van der Waals surface area contributed by atoms with Crippen molar-refractivity contribution in [1.82, 2.24) is 15.1 Å². The van der Waals surface area contributed by atoms with Gasteiger partial charge in [-0.15, -0.1) is 0 Å². The molecule has 0 unspecified atom stereocenters. The fourth-order valence-corrected chi connectivity index (χ4v) is 3.16. The summed E-state index contributed by atoms with van der Waals surface area (Å²) in [6, 6.07) is 19.2. The lowest BCUT2D eigenvalue weighted by molar-refractivity contribution is -0.137. The second-order valence-electron chi connectivity index (χ2n) is 6.85. The van der Waals surface area contributed by atoms with Crippen LogP contribution in [0.15, 0.2) is 83.5 Å². The molecule has 0 saturated carbocycles. The first kappa shape index (κ1) is 18.9. The maximum atomic E-state index is 12.7. The van der Waals surface area contributed by atoms with E-state index in [9.17, 15) is 13.2 Å². The van der Waals surface area contributed by atoms with E-state index in [1.165, 1.54) is 12.1 Å². The van der Waals surface area contributed by atoms with E-state index in [1.54, 1.807) is 24.3 Å². The molecule has 1 N–H and O–H groups in total. The van der Waals surface area contributed by atoms with Gasteiger partial charge >= 0.3 is 6.18 Å². The van der Waals surface area contributed by atoms with Crippen LogP contribution >= 0.6 is 0 Å². The smallest absolute Gasteiger partial charge is 0.416 e. The summed E-state index contributed by atoms with van der Waals surface area (Å²) in [6.45, 7) is 0. The molecule has 0 fully saturated rings. The Morgan fingerprint density at radius 3 is 2.19 bits per heavy atom. The highest BCUT2D eigenvalue weighted by Gasteiger charge is 2.30. The Hall–Kier alpha value is -4.07. The molecule has 0 aliphatic rings. The Morgan fingerprint density at radius 1 is 0.806 bits per heavy atom. The third-order valence-corrected chi connectivity index (χ3v) is 4.76. The highest BCUT2D eigenvalue weighted by molar-refractivity contribution is 5.83. The zero-order chi connectivity index (χ0) is 21.4. The Labute approximate surface area is 174 Å². The Bertz CT molecular complexity index is 1340. The number of aromatic nitrogens is 3. The van der Waals surface area contributed by atoms with Crippen molar-refractivity contribution >= 4 is 10.9 Å². The van der Waals surface area contributed by atoms with Crippen LogP contribution in [0, 0.1) is 0 Å². The summed E-state index contributed by atoms with van der Waals surface area (Å²) in [5, 5.41) is 5.08. The van der Waals surface area contributed by atoms with Crippen LogP contribution in [0.5, 0.6) is 11.5 Å². The summed E-state index contributed by atoms with van der Waals surface area (Å²) in [6.07, 6.45) is -2.51. The van der Waals surface area contributed by atoms with Gasteiger partial charge in [0.05, 0.1) is 5.56 Å². The maximum absolute atomic E-state index is 12.7. The number of aromatic amines is 1. The highest BCUT2D eigenvalue weighted by Crippen LogP contribution is 2.32. The van der Waals surface area contributed by atoms with Crippen molar-refractivity contribution < 1.29 is 22.4 Å². The van der Waals surface area contributed by atoms with Crippen molar-refractivity contribution in [2.45, 2.75) is 6.18 Å². The van der Waals surface area contributed by atoms with E-state index in [4.69, 9.17) is 9.26 Å².